The zero-order valence-corrected chi connectivity index (χ0v) is 13.7. The molecule has 0 aliphatic carbocycles. The van der Waals surface area contributed by atoms with E-state index in [1.54, 1.807) is 17.2 Å². The van der Waals surface area contributed by atoms with E-state index in [2.05, 4.69) is 10.1 Å². The maximum Gasteiger partial charge on any atom is 0.275 e. The fraction of sp³-hybridized carbons (Fsp3) is 0.267. The van der Waals surface area contributed by atoms with Gasteiger partial charge in [-0.2, -0.15) is 5.10 Å². The largest absolute Gasteiger partial charge is 0.447 e. The fourth-order valence-corrected chi connectivity index (χ4v) is 3.27. The number of fused-ring (bicyclic) bond motifs is 2. The molecule has 3 aromatic rings. The van der Waals surface area contributed by atoms with Gasteiger partial charge in [-0.3, -0.25) is 4.79 Å². The van der Waals surface area contributed by atoms with E-state index in [1.165, 1.54) is 10.7 Å². The van der Waals surface area contributed by atoms with E-state index in [1.807, 2.05) is 13.0 Å². The van der Waals surface area contributed by atoms with Crippen molar-refractivity contribution >= 4 is 34.8 Å². The van der Waals surface area contributed by atoms with Crippen LogP contribution in [-0.2, 0) is 6.42 Å². The maximum absolute atomic E-state index is 12.8. The van der Waals surface area contributed by atoms with Gasteiger partial charge in [0.15, 0.2) is 16.6 Å². The van der Waals surface area contributed by atoms with Crippen molar-refractivity contribution in [2.45, 2.75) is 19.4 Å². The number of rotatable bonds is 1. The minimum atomic E-state index is -0.194. The van der Waals surface area contributed by atoms with Crippen LogP contribution in [0.4, 0.5) is 0 Å². The Morgan fingerprint density at radius 2 is 2.22 bits per heavy atom. The number of carbonyl (C=O) groups is 1. The number of furan rings is 1. The monoisotopic (exact) mass is 350 g/mol. The van der Waals surface area contributed by atoms with Crippen LogP contribution in [0.5, 0.6) is 0 Å². The third-order valence-electron chi connectivity index (χ3n) is 4.04. The van der Waals surface area contributed by atoms with Gasteiger partial charge in [-0.05, 0) is 36.6 Å². The molecule has 0 saturated carbocycles. The van der Waals surface area contributed by atoms with E-state index in [-0.39, 0.29) is 11.9 Å². The van der Waals surface area contributed by atoms with Crippen LogP contribution in [0.1, 0.15) is 34.8 Å². The van der Waals surface area contributed by atoms with Gasteiger partial charge in [-0.1, -0.05) is 11.6 Å². The van der Waals surface area contributed by atoms with Crippen molar-refractivity contribution in [2.75, 3.05) is 6.54 Å². The van der Waals surface area contributed by atoms with Gasteiger partial charge in [0.1, 0.15) is 5.76 Å². The Morgan fingerprint density at radius 1 is 1.39 bits per heavy atom. The zero-order chi connectivity index (χ0) is 16.1. The topological polar surface area (TPSA) is 63.6 Å². The Balaban J connectivity index is 1.68. The van der Waals surface area contributed by atoms with E-state index in [0.717, 1.165) is 11.3 Å². The number of aromatic nitrogens is 3. The Hall–Kier alpha value is -2.05. The van der Waals surface area contributed by atoms with Gasteiger partial charge in [0.25, 0.3) is 5.91 Å². The summed E-state index contributed by atoms with van der Waals surface area (Å²) in [5.74, 6) is 0.567. The highest BCUT2D eigenvalue weighted by Gasteiger charge is 2.32. The number of hydrogen-bond donors (Lipinski definition) is 0. The zero-order valence-electron chi connectivity index (χ0n) is 12.2. The van der Waals surface area contributed by atoms with E-state index in [4.69, 9.17) is 27.6 Å². The lowest BCUT2D eigenvalue weighted by Crippen LogP contribution is -2.38. The highest BCUT2D eigenvalue weighted by molar-refractivity contribution is 6.30. The normalized spacial score (nSPS) is 17.5. The Morgan fingerprint density at radius 3 is 3.04 bits per heavy atom. The van der Waals surface area contributed by atoms with Crippen molar-refractivity contribution in [3.8, 4) is 0 Å². The van der Waals surface area contributed by atoms with Gasteiger partial charge in [0.05, 0.1) is 17.3 Å². The van der Waals surface area contributed by atoms with Crippen molar-refractivity contribution in [1.82, 2.24) is 19.5 Å². The predicted molar refractivity (Wildman–Crippen MR) is 84.9 cm³/mol. The smallest absolute Gasteiger partial charge is 0.275 e. The first-order valence-electron chi connectivity index (χ1n) is 7.13. The minimum absolute atomic E-state index is 0.169. The molecular weight excluding hydrogens is 339 g/mol. The average Bonchev–Trinajstić information content (AvgIpc) is 3.09. The quantitative estimate of drug-likeness (QED) is 0.674. The number of halogens is 2. The minimum Gasteiger partial charge on any atom is -0.447 e. The van der Waals surface area contributed by atoms with Crippen LogP contribution < -0.4 is 0 Å². The summed E-state index contributed by atoms with van der Waals surface area (Å²) in [5.41, 5.74) is 1.95. The Kier molecular flexibility index (Phi) is 3.32. The summed E-state index contributed by atoms with van der Waals surface area (Å²) in [7, 11) is 0. The van der Waals surface area contributed by atoms with Crippen LogP contribution in [0.25, 0.3) is 5.65 Å². The molecule has 0 saturated heterocycles. The first kappa shape index (κ1) is 14.5. The molecule has 1 amide bonds. The second-order valence-corrected chi connectivity index (χ2v) is 6.28. The molecule has 4 rings (SSSR count). The molecular formula is C15H12Cl2N4O2. The molecule has 0 spiro atoms. The average molecular weight is 351 g/mol. The van der Waals surface area contributed by atoms with Gasteiger partial charge >= 0.3 is 0 Å². The lowest BCUT2D eigenvalue weighted by molar-refractivity contribution is 0.0646. The van der Waals surface area contributed by atoms with Crippen molar-refractivity contribution in [2.24, 2.45) is 0 Å². The molecule has 1 aliphatic heterocycles. The lowest BCUT2D eigenvalue weighted by Gasteiger charge is -2.31. The summed E-state index contributed by atoms with van der Waals surface area (Å²) >= 11 is 11.8. The summed E-state index contributed by atoms with van der Waals surface area (Å²) in [6.07, 6.45) is 3.84. The molecule has 1 aliphatic rings. The molecule has 0 radical (unpaired) electrons. The molecule has 0 fully saturated rings. The molecule has 8 heteroatoms. The summed E-state index contributed by atoms with van der Waals surface area (Å²) in [6.45, 7) is 2.51. The van der Waals surface area contributed by atoms with Gasteiger partial charge in [0, 0.05) is 18.8 Å². The van der Waals surface area contributed by atoms with Crippen LogP contribution in [0.2, 0.25) is 10.2 Å². The summed E-state index contributed by atoms with van der Waals surface area (Å²) in [6, 6.07) is 3.27. The first-order valence-corrected chi connectivity index (χ1v) is 7.88. The van der Waals surface area contributed by atoms with E-state index >= 15 is 0 Å². The molecule has 118 valence electrons. The van der Waals surface area contributed by atoms with Crippen molar-refractivity contribution < 1.29 is 9.21 Å². The molecule has 1 atom stereocenters. The Labute approximate surface area is 141 Å². The molecule has 0 bridgehead atoms. The molecule has 0 N–H and O–H groups in total. The number of nitrogens with zero attached hydrogens (tertiary/aromatic N) is 4. The van der Waals surface area contributed by atoms with Crippen LogP contribution in [0.15, 0.2) is 28.9 Å². The molecule has 23 heavy (non-hydrogen) atoms. The van der Waals surface area contributed by atoms with E-state index in [0.29, 0.717) is 34.5 Å². The Bertz CT molecular complexity index is 917. The highest BCUT2D eigenvalue weighted by atomic mass is 35.5. The first-order chi connectivity index (χ1) is 11.0. The molecule has 0 aromatic carbocycles. The third-order valence-corrected chi connectivity index (χ3v) is 4.42. The van der Waals surface area contributed by atoms with Gasteiger partial charge in [-0.25, -0.2) is 9.50 Å². The lowest BCUT2D eigenvalue weighted by atomic mass is 10.0. The number of amides is 1. The predicted octanol–water partition coefficient (Wildman–Crippen LogP) is 3.39. The van der Waals surface area contributed by atoms with Gasteiger partial charge in [-0.15, -0.1) is 0 Å². The van der Waals surface area contributed by atoms with Crippen molar-refractivity contribution in [1.29, 1.82) is 0 Å². The van der Waals surface area contributed by atoms with E-state index < -0.39 is 0 Å². The van der Waals surface area contributed by atoms with Crippen molar-refractivity contribution in [3.63, 3.8) is 0 Å². The van der Waals surface area contributed by atoms with Crippen LogP contribution in [0.3, 0.4) is 0 Å². The van der Waals surface area contributed by atoms with E-state index in [9.17, 15) is 4.79 Å². The fourth-order valence-electron chi connectivity index (χ4n) is 2.92. The summed E-state index contributed by atoms with van der Waals surface area (Å²) in [4.78, 5) is 18.7. The number of carbonyl (C=O) groups excluding carboxylic acids is 1. The highest BCUT2D eigenvalue weighted by Crippen LogP contribution is 2.34. The van der Waals surface area contributed by atoms with Gasteiger partial charge < -0.3 is 9.32 Å². The molecule has 3 aromatic heterocycles. The SMILES string of the molecule is CC1c2oc(Cl)cc2CCN1C(=O)c1cc2ncc(Cl)cn2n1. The van der Waals surface area contributed by atoms with Crippen LogP contribution in [0, 0.1) is 0 Å². The second kappa shape index (κ2) is 5.25. The molecule has 6 nitrogen and oxygen atoms in total. The van der Waals surface area contributed by atoms with Crippen LogP contribution in [-0.4, -0.2) is 31.9 Å². The van der Waals surface area contributed by atoms with Crippen molar-refractivity contribution in [3.05, 3.63) is 51.8 Å². The van der Waals surface area contributed by atoms with Gasteiger partial charge in [0.2, 0.25) is 0 Å². The maximum atomic E-state index is 12.8. The third kappa shape index (κ3) is 2.38. The number of hydrogen-bond acceptors (Lipinski definition) is 4. The summed E-state index contributed by atoms with van der Waals surface area (Å²) in [5, 5.41) is 5.07. The summed E-state index contributed by atoms with van der Waals surface area (Å²) < 4.78 is 7.02. The molecule has 4 heterocycles. The van der Waals surface area contributed by atoms with Crippen LogP contribution >= 0.6 is 23.2 Å². The second-order valence-electron chi connectivity index (χ2n) is 5.47. The standard InChI is InChI=1S/C15H12Cl2N4O2/c1-8-14-9(4-12(17)23-14)2-3-20(8)15(22)11-5-13-18-6-10(16)7-21(13)19-11/h4-8H,2-3H2,1H3. The molecule has 1 unspecified atom stereocenters.